The van der Waals surface area contributed by atoms with Gasteiger partial charge in [0.2, 0.25) is 5.95 Å². The maximum atomic E-state index is 13.8. The maximum Gasteiger partial charge on any atom is 0.294 e. The van der Waals surface area contributed by atoms with Gasteiger partial charge in [0.15, 0.2) is 17.3 Å². The lowest BCUT2D eigenvalue weighted by Gasteiger charge is -2.20. The summed E-state index contributed by atoms with van der Waals surface area (Å²) in [6.45, 7) is 1.44. The number of fused-ring (bicyclic) bond motifs is 1. The molecule has 3 aromatic rings. The van der Waals surface area contributed by atoms with Crippen LogP contribution in [0.25, 0.3) is 11.0 Å². The molecule has 3 rings (SSSR count). The zero-order valence-corrected chi connectivity index (χ0v) is 15.8. The number of ether oxygens (including phenoxy) is 1. The molecule has 0 saturated heterocycles. The first kappa shape index (κ1) is 20.6. The van der Waals surface area contributed by atoms with E-state index >= 15 is 0 Å². The quantitative estimate of drug-likeness (QED) is 0.550. The smallest absolute Gasteiger partial charge is 0.294 e. The lowest BCUT2D eigenvalue weighted by atomic mass is 10.1. The van der Waals surface area contributed by atoms with Crippen LogP contribution in [0.1, 0.15) is 13.3 Å². The molecule has 8 nitrogen and oxygen atoms in total. The Hall–Kier alpha value is -3.11. The van der Waals surface area contributed by atoms with Gasteiger partial charge in [0, 0.05) is 31.3 Å². The number of pyridine rings is 1. The number of aryl methyl sites for hydroxylation is 1. The third kappa shape index (κ3) is 4.49. The summed E-state index contributed by atoms with van der Waals surface area (Å²) in [5, 5.41) is 22.3. The van der Waals surface area contributed by atoms with Gasteiger partial charge in [-0.15, -0.1) is 0 Å². The van der Waals surface area contributed by atoms with Crippen LogP contribution in [0.15, 0.2) is 35.3 Å². The molecular weight excluding hydrogens is 386 g/mol. The molecule has 0 bridgehead atoms. The molecule has 1 aromatic carbocycles. The van der Waals surface area contributed by atoms with E-state index in [1.54, 1.807) is 6.92 Å². The average Bonchev–Trinajstić information content (AvgIpc) is 2.68. The minimum atomic E-state index is -0.934. The zero-order valence-electron chi connectivity index (χ0n) is 15.8. The number of aliphatic hydroxyl groups is 2. The number of hydrogen-bond acceptors (Lipinski definition) is 7. The number of hydrogen-bond donors (Lipinski definition) is 3. The molecular formula is C19H20F2N4O4. The third-order valence-electron chi connectivity index (χ3n) is 4.37. The summed E-state index contributed by atoms with van der Waals surface area (Å²) < 4.78 is 33.4. The molecule has 0 aliphatic rings. The third-order valence-corrected chi connectivity index (χ3v) is 4.37. The van der Waals surface area contributed by atoms with Crippen molar-refractivity contribution < 1.29 is 23.7 Å². The fourth-order valence-corrected chi connectivity index (χ4v) is 2.78. The highest BCUT2D eigenvalue weighted by Gasteiger charge is 2.17. The summed E-state index contributed by atoms with van der Waals surface area (Å²) in [7, 11) is 1.47. The molecule has 2 aromatic heterocycles. The summed E-state index contributed by atoms with van der Waals surface area (Å²) in [6.07, 6.45) is 0.968. The summed E-state index contributed by atoms with van der Waals surface area (Å²) in [5.41, 5.74) is -0.291. The van der Waals surface area contributed by atoms with Gasteiger partial charge in [0.05, 0.1) is 12.1 Å². The molecule has 0 aliphatic carbocycles. The molecule has 0 fully saturated rings. The minimum absolute atomic E-state index is 0.130. The van der Waals surface area contributed by atoms with Gasteiger partial charge in [-0.2, -0.15) is 4.98 Å². The molecule has 0 radical (unpaired) electrons. The Kier molecular flexibility index (Phi) is 6.04. The van der Waals surface area contributed by atoms with Crippen molar-refractivity contribution in [3.8, 4) is 11.5 Å². The highest BCUT2D eigenvalue weighted by atomic mass is 19.1. The van der Waals surface area contributed by atoms with Crippen molar-refractivity contribution in [2.24, 2.45) is 7.05 Å². The van der Waals surface area contributed by atoms with Crippen LogP contribution in [-0.2, 0) is 7.05 Å². The van der Waals surface area contributed by atoms with E-state index in [-0.39, 0.29) is 36.1 Å². The molecule has 3 N–H and O–H groups in total. The molecule has 0 unspecified atom stereocenters. The van der Waals surface area contributed by atoms with Gasteiger partial charge in [0.25, 0.3) is 5.56 Å². The van der Waals surface area contributed by atoms with Crippen molar-refractivity contribution in [3.05, 3.63) is 52.5 Å². The SMILES string of the molecule is C[C@@H](O)[C@H](CCO)Nc1ncc2cc(Oc3ccc(F)cc3F)c(=O)n(C)c2n1. The van der Waals surface area contributed by atoms with Crippen LogP contribution in [0, 0.1) is 11.6 Å². The van der Waals surface area contributed by atoms with E-state index in [2.05, 4.69) is 15.3 Å². The topological polar surface area (TPSA) is 110 Å². The van der Waals surface area contributed by atoms with Crippen molar-refractivity contribution in [1.29, 1.82) is 0 Å². The number of aromatic nitrogens is 3. The predicted molar refractivity (Wildman–Crippen MR) is 102 cm³/mol. The summed E-state index contributed by atoms with van der Waals surface area (Å²) >= 11 is 0. The summed E-state index contributed by atoms with van der Waals surface area (Å²) in [5.74, 6) is -1.98. The van der Waals surface area contributed by atoms with Gasteiger partial charge in [0.1, 0.15) is 11.5 Å². The summed E-state index contributed by atoms with van der Waals surface area (Å²) in [6, 6.07) is 3.67. The van der Waals surface area contributed by atoms with E-state index in [0.717, 1.165) is 12.1 Å². The van der Waals surface area contributed by atoms with Gasteiger partial charge >= 0.3 is 0 Å². The minimum Gasteiger partial charge on any atom is -0.448 e. The lowest BCUT2D eigenvalue weighted by molar-refractivity contribution is 0.152. The first-order valence-corrected chi connectivity index (χ1v) is 8.85. The van der Waals surface area contributed by atoms with Crippen LogP contribution in [0.5, 0.6) is 11.5 Å². The van der Waals surface area contributed by atoms with Gasteiger partial charge in [-0.05, 0) is 31.5 Å². The van der Waals surface area contributed by atoms with Crippen molar-refractivity contribution in [2.75, 3.05) is 11.9 Å². The van der Waals surface area contributed by atoms with E-state index in [9.17, 15) is 18.7 Å². The molecule has 0 aliphatic heterocycles. The number of anilines is 1. The van der Waals surface area contributed by atoms with Gasteiger partial charge in [-0.3, -0.25) is 9.36 Å². The number of nitrogens with one attached hydrogen (secondary N) is 1. The monoisotopic (exact) mass is 406 g/mol. The molecule has 0 saturated carbocycles. The van der Waals surface area contributed by atoms with Crippen LogP contribution in [0.4, 0.5) is 14.7 Å². The fraction of sp³-hybridized carbons (Fsp3) is 0.316. The second-order valence-corrected chi connectivity index (χ2v) is 6.53. The van der Waals surface area contributed by atoms with E-state index < -0.39 is 29.3 Å². The lowest BCUT2D eigenvalue weighted by Crippen LogP contribution is -2.33. The first-order chi connectivity index (χ1) is 13.8. The second-order valence-electron chi connectivity index (χ2n) is 6.53. The molecule has 2 heterocycles. The van der Waals surface area contributed by atoms with Crippen molar-refractivity contribution in [2.45, 2.75) is 25.5 Å². The van der Waals surface area contributed by atoms with Crippen LogP contribution in [0.2, 0.25) is 0 Å². The Morgan fingerprint density at radius 1 is 1.28 bits per heavy atom. The molecule has 29 heavy (non-hydrogen) atoms. The number of rotatable bonds is 7. The molecule has 0 amide bonds. The van der Waals surface area contributed by atoms with E-state index in [4.69, 9.17) is 9.84 Å². The van der Waals surface area contributed by atoms with Crippen LogP contribution >= 0.6 is 0 Å². The van der Waals surface area contributed by atoms with Gasteiger partial charge < -0.3 is 20.3 Å². The molecule has 0 spiro atoms. The highest BCUT2D eigenvalue weighted by Crippen LogP contribution is 2.25. The average molecular weight is 406 g/mol. The number of aliphatic hydroxyl groups excluding tert-OH is 2. The number of halogens is 2. The predicted octanol–water partition coefficient (Wildman–Crippen LogP) is 1.94. The van der Waals surface area contributed by atoms with Crippen LogP contribution in [0.3, 0.4) is 0 Å². The largest absolute Gasteiger partial charge is 0.448 e. The van der Waals surface area contributed by atoms with Gasteiger partial charge in [-0.1, -0.05) is 0 Å². The zero-order chi connectivity index (χ0) is 21.1. The van der Waals surface area contributed by atoms with Crippen LogP contribution < -0.4 is 15.6 Å². The van der Waals surface area contributed by atoms with Crippen molar-refractivity contribution in [1.82, 2.24) is 14.5 Å². The molecule has 154 valence electrons. The van der Waals surface area contributed by atoms with E-state index in [0.29, 0.717) is 11.5 Å². The van der Waals surface area contributed by atoms with Gasteiger partial charge in [-0.25, -0.2) is 13.8 Å². The number of benzene rings is 1. The first-order valence-electron chi connectivity index (χ1n) is 8.85. The molecule has 10 heteroatoms. The normalized spacial score (nSPS) is 13.3. The fourth-order valence-electron chi connectivity index (χ4n) is 2.78. The Balaban J connectivity index is 1.96. The van der Waals surface area contributed by atoms with Crippen molar-refractivity contribution >= 4 is 17.0 Å². The Labute approximate surface area is 164 Å². The maximum absolute atomic E-state index is 13.8. The standard InChI is InChI=1S/C19H20F2N4O4/c1-10(27)14(5-6-26)23-19-22-9-11-7-16(18(28)25(2)17(11)24-19)29-15-4-3-12(20)8-13(15)21/h3-4,7-10,14,26-27H,5-6H2,1-2H3,(H,22,23,24)/t10-,14+/m1/s1. The Morgan fingerprint density at radius 3 is 2.69 bits per heavy atom. The van der Waals surface area contributed by atoms with E-state index in [1.165, 1.54) is 23.9 Å². The van der Waals surface area contributed by atoms with E-state index in [1.807, 2.05) is 0 Å². The molecule has 2 atom stereocenters. The Bertz CT molecular complexity index is 1090. The second kappa shape index (κ2) is 8.50. The van der Waals surface area contributed by atoms with Crippen molar-refractivity contribution in [3.63, 3.8) is 0 Å². The summed E-state index contributed by atoms with van der Waals surface area (Å²) in [4.78, 5) is 21.0. The van der Waals surface area contributed by atoms with Crippen LogP contribution in [-0.4, -0.2) is 43.5 Å². The number of nitrogens with zero attached hydrogens (tertiary/aromatic N) is 3. The Morgan fingerprint density at radius 2 is 2.03 bits per heavy atom. The highest BCUT2D eigenvalue weighted by molar-refractivity contribution is 5.76.